The number of amides is 1. The zero-order valence-electron chi connectivity index (χ0n) is 14.8. The van der Waals surface area contributed by atoms with Crippen LogP contribution in [0.4, 0.5) is 0 Å². The van der Waals surface area contributed by atoms with E-state index in [1.165, 1.54) is 0 Å². The van der Waals surface area contributed by atoms with Crippen molar-refractivity contribution in [2.45, 2.75) is 53.1 Å². The van der Waals surface area contributed by atoms with Gasteiger partial charge >= 0.3 is 0 Å². The molecular weight excluding hydrogens is 304 g/mol. The van der Waals surface area contributed by atoms with Gasteiger partial charge in [0.25, 0.3) is 5.91 Å². The Balaban J connectivity index is 1.88. The molecule has 2 aromatic heterocycles. The van der Waals surface area contributed by atoms with Crippen LogP contribution in [-0.4, -0.2) is 38.4 Å². The first-order valence-corrected chi connectivity index (χ1v) is 8.45. The number of hydrogen-bond acceptors (Lipinski definition) is 3. The third kappa shape index (κ3) is 2.66. The lowest BCUT2D eigenvalue weighted by molar-refractivity contribution is 0.0777. The topological polar surface area (TPSA) is 71.0 Å². The average molecular weight is 328 g/mol. The van der Waals surface area contributed by atoms with E-state index in [1.807, 2.05) is 31.6 Å². The predicted octanol–water partition coefficient (Wildman–Crippen LogP) is 2.64. The molecule has 0 spiro atoms. The summed E-state index contributed by atoms with van der Waals surface area (Å²) in [7, 11) is 1.77. The molecule has 0 fully saturated rings. The molecule has 3 rings (SSSR count). The van der Waals surface area contributed by atoms with Crippen molar-refractivity contribution < 1.29 is 9.59 Å². The second-order valence-electron chi connectivity index (χ2n) is 6.49. The van der Waals surface area contributed by atoms with Crippen LogP contribution in [0.25, 0.3) is 0 Å². The number of carbonyl (C=O) groups is 2. The summed E-state index contributed by atoms with van der Waals surface area (Å²) in [6.45, 7) is 7.21. The Hall–Kier alpha value is -2.37. The van der Waals surface area contributed by atoms with Gasteiger partial charge in [-0.1, -0.05) is 0 Å². The Kier molecular flexibility index (Phi) is 4.30. The zero-order chi connectivity index (χ0) is 17.4. The molecule has 128 valence electrons. The van der Waals surface area contributed by atoms with Crippen LogP contribution in [0.2, 0.25) is 0 Å². The summed E-state index contributed by atoms with van der Waals surface area (Å²) < 4.78 is 1.92. The van der Waals surface area contributed by atoms with Crippen LogP contribution < -0.4 is 0 Å². The highest BCUT2D eigenvalue weighted by atomic mass is 16.2. The van der Waals surface area contributed by atoms with E-state index in [1.54, 1.807) is 11.9 Å². The smallest absolute Gasteiger partial charge is 0.256 e. The Morgan fingerprint density at radius 3 is 2.79 bits per heavy atom. The predicted molar refractivity (Wildman–Crippen MR) is 91.2 cm³/mol. The number of aryl methyl sites for hydroxylation is 3. The van der Waals surface area contributed by atoms with Gasteiger partial charge in [-0.25, -0.2) is 0 Å². The fourth-order valence-electron chi connectivity index (χ4n) is 3.48. The van der Waals surface area contributed by atoms with Crippen molar-refractivity contribution in [2.24, 2.45) is 0 Å². The van der Waals surface area contributed by atoms with Gasteiger partial charge in [-0.3, -0.25) is 14.3 Å². The number of nitrogens with zero attached hydrogens (tertiary/aromatic N) is 3. The van der Waals surface area contributed by atoms with E-state index >= 15 is 0 Å². The van der Waals surface area contributed by atoms with E-state index in [0.717, 1.165) is 42.0 Å². The Labute approximate surface area is 141 Å². The van der Waals surface area contributed by atoms with Gasteiger partial charge in [0.05, 0.1) is 17.3 Å². The van der Waals surface area contributed by atoms with Gasteiger partial charge in [-0.2, -0.15) is 5.10 Å². The van der Waals surface area contributed by atoms with Crippen molar-refractivity contribution in [3.8, 4) is 0 Å². The molecule has 0 radical (unpaired) electrons. The molecule has 1 aliphatic rings. The second kappa shape index (κ2) is 6.26. The summed E-state index contributed by atoms with van der Waals surface area (Å²) >= 11 is 0. The summed E-state index contributed by atoms with van der Waals surface area (Å²) in [5, 5.41) is 4.33. The lowest BCUT2D eigenvalue weighted by Gasteiger charge is -2.19. The van der Waals surface area contributed by atoms with Crippen LogP contribution >= 0.6 is 0 Å². The van der Waals surface area contributed by atoms with Gasteiger partial charge in [-0.05, 0) is 33.6 Å². The quantitative estimate of drug-likeness (QED) is 0.938. The standard InChI is InChI=1S/C18H24N4O2/c1-5-22-12(3)13(9-19-22)10-21(4)18(24)16-11(2)20-14-7-6-8-15(23)17(14)16/h9,20H,5-8,10H2,1-4H3. The normalized spacial score (nSPS) is 13.9. The lowest BCUT2D eigenvalue weighted by Crippen LogP contribution is -2.28. The number of H-pyrrole nitrogens is 1. The van der Waals surface area contributed by atoms with Gasteiger partial charge in [0, 0.05) is 49.2 Å². The third-order valence-corrected chi connectivity index (χ3v) is 4.85. The first-order valence-electron chi connectivity index (χ1n) is 8.45. The largest absolute Gasteiger partial charge is 0.361 e. The average Bonchev–Trinajstić information content (AvgIpc) is 3.07. The molecule has 0 bridgehead atoms. The molecule has 2 heterocycles. The summed E-state index contributed by atoms with van der Waals surface area (Å²) in [5.41, 5.74) is 4.94. The highest BCUT2D eigenvalue weighted by Crippen LogP contribution is 2.28. The minimum Gasteiger partial charge on any atom is -0.361 e. The minimum atomic E-state index is -0.108. The van der Waals surface area contributed by atoms with Crippen LogP contribution in [0, 0.1) is 13.8 Å². The molecule has 0 saturated heterocycles. The molecule has 1 aliphatic carbocycles. The Morgan fingerprint density at radius 1 is 1.38 bits per heavy atom. The Morgan fingerprint density at radius 2 is 2.12 bits per heavy atom. The number of carbonyl (C=O) groups excluding carboxylic acids is 2. The van der Waals surface area contributed by atoms with Crippen LogP contribution in [0.1, 0.15) is 63.1 Å². The van der Waals surface area contributed by atoms with E-state index in [4.69, 9.17) is 0 Å². The highest BCUT2D eigenvalue weighted by molar-refractivity contribution is 6.10. The fourth-order valence-corrected chi connectivity index (χ4v) is 3.48. The number of hydrogen-bond donors (Lipinski definition) is 1. The SMILES string of the molecule is CCn1ncc(CN(C)C(=O)c2c(C)[nH]c3c2C(=O)CCC3)c1C. The van der Waals surface area contributed by atoms with E-state index < -0.39 is 0 Å². The first kappa shape index (κ1) is 16.5. The monoisotopic (exact) mass is 328 g/mol. The third-order valence-electron chi connectivity index (χ3n) is 4.85. The number of nitrogens with one attached hydrogen (secondary N) is 1. The summed E-state index contributed by atoms with van der Waals surface area (Å²) in [5.74, 6) is -0.0313. The number of fused-ring (bicyclic) bond motifs is 1. The van der Waals surface area contributed by atoms with Crippen molar-refractivity contribution in [3.63, 3.8) is 0 Å². The van der Waals surface area contributed by atoms with Crippen LogP contribution in [0.3, 0.4) is 0 Å². The maximum Gasteiger partial charge on any atom is 0.256 e. The summed E-state index contributed by atoms with van der Waals surface area (Å²) in [6.07, 6.45) is 4.02. The molecule has 6 heteroatoms. The molecule has 0 aliphatic heterocycles. The molecular formula is C18H24N4O2. The molecule has 1 amide bonds. The van der Waals surface area contributed by atoms with Crippen molar-refractivity contribution in [3.05, 3.63) is 40.0 Å². The Bertz CT molecular complexity index is 800. The molecule has 0 atom stereocenters. The molecule has 0 saturated carbocycles. The van der Waals surface area contributed by atoms with E-state index in [0.29, 0.717) is 24.1 Å². The lowest BCUT2D eigenvalue weighted by atomic mass is 9.92. The molecule has 0 aromatic carbocycles. The molecule has 1 N–H and O–H groups in total. The first-order chi connectivity index (χ1) is 11.4. The molecule has 2 aromatic rings. The van der Waals surface area contributed by atoms with Gasteiger partial charge in [0.1, 0.15) is 0 Å². The van der Waals surface area contributed by atoms with Gasteiger partial charge in [-0.15, -0.1) is 0 Å². The van der Waals surface area contributed by atoms with Gasteiger partial charge < -0.3 is 9.88 Å². The minimum absolute atomic E-state index is 0.0762. The van der Waals surface area contributed by atoms with Crippen LogP contribution in [0.5, 0.6) is 0 Å². The van der Waals surface area contributed by atoms with Crippen LogP contribution in [0.15, 0.2) is 6.20 Å². The number of Topliss-reactive ketones (excluding diaryl/α,β-unsaturated/α-hetero) is 1. The highest BCUT2D eigenvalue weighted by Gasteiger charge is 2.30. The zero-order valence-corrected chi connectivity index (χ0v) is 14.8. The van der Waals surface area contributed by atoms with Crippen molar-refractivity contribution in [1.82, 2.24) is 19.7 Å². The summed E-state index contributed by atoms with van der Waals surface area (Å²) in [4.78, 5) is 30.2. The van der Waals surface area contributed by atoms with E-state index in [-0.39, 0.29) is 11.7 Å². The number of aromatic amines is 1. The van der Waals surface area contributed by atoms with Gasteiger partial charge in [0.15, 0.2) is 5.78 Å². The number of rotatable bonds is 4. The van der Waals surface area contributed by atoms with Crippen molar-refractivity contribution >= 4 is 11.7 Å². The maximum absolute atomic E-state index is 13.0. The van der Waals surface area contributed by atoms with Crippen molar-refractivity contribution in [1.29, 1.82) is 0 Å². The maximum atomic E-state index is 13.0. The fraction of sp³-hybridized carbons (Fsp3) is 0.500. The number of ketones is 1. The van der Waals surface area contributed by atoms with E-state index in [2.05, 4.69) is 10.1 Å². The second-order valence-corrected chi connectivity index (χ2v) is 6.49. The van der Waals surface area contributed by atoms with Crippen LogP contribution in [-0.2, 0) is 19.5 Å². The summed E-state index contributed by atoms with van der Waals surface area (Å²) in [6, 6.07) is 0. The molecule has 24 heavy (non-hydrogen) atoms. The van der Waals surface area contributed by atoms with Gasteiger partial charge in [0.2, 0.25) is 0 Å². The molecule has 6 nitrogen and oxygen atoms in total. The number of aromatic nitrogens is 3. The molecule has 0 unspecified atom stereocenters. The van der Waals surface area contributed by atoms with Crippen molar-refractivity contribution in [2.75, 3.05) is 7.05 Å². The van der Waals surface area contributed by atoms with E-state index in [9.17, 15) is 9.59 Å².